The van der Waals surface area contributed by atoms with Crippen LogP contribution in [0, 0.1) is 22.7 Å². The number of rotatable bonds is 3. The highest BCUT2D eigenvalue weighted by Gasteiger charge is 2.06. The molecule has 0 heterocycles. The zero-order chi connectivity index (χ0) is 15.4. The smallest absolute Gasteiger partial charge is 0.133 e. The van der Waals surface area contributed by atoms with E-state index in [1.807, 2.05) is 37.3 Å². The molecule has 0 bridgehead atoms. The van der Waals surface area contributed by atoms with E-state index in [1.54, 1.807) is 0 Å². The molecule has 0 aromatic heterocycles. The Bertz CT molecular complexity index is 772. The van der Waals surface area contributed by atoms with Gasteiger partial charge in [0, 0.05) is 19.3 Å². The lowest BCUT2D eigenvalue weighted by Crippen LogP contribution is -2.15. The molecule has 0 saturated heterocycles. The van der Waals surface area contributed by atoms with Crippen molar-refractivity contribution in [1.29, 1.82) is 10.5 Å². The van der Waals surface area contributed by atoms with Crippen LogP contribution in [0.4, 0.5) is 5.69 Å². The average Bonchev–Trinajstić information content (AvgIpc) is 2.54. The minimum atomic E-state index is 0.164. The molecule has 0 fully saturated rings. The van der Waals surface area contributed by atoms with Gasteiger partial charge in [-0.05, 0) is 54.0 Å². The molecule has 3 nitrogen and oxygen atoms in total. The Morgan fingerprint density at radius 1 is 1.05 bits per heavy atom. The van der Waals surface area contributed by atoms with Gasteiger partial charge in [-0.25, -0.2) is 0 Å². The quantitative estimate of drug-likeness (QED) is 0.792. The number of hydrogen-bond donors (Lipinski definition) is 0. The van der Waals surface area contributed by atoms with Gasteiger partial charge in [0.05, 0.1) is 0 Å². The third-order valence-electron chi connectivity index (χ3n) is 3.77. The summed E-state index contributed by atoms with van der Waals surface area (Å²) in [6.07, 6.45) is 0. The molecule has 104 valence electrons. The summed E-state index contributed by atoms with van der Waals surface area (Å²) in [6, 6.07) is 16.2. The van der Waals surface area contributed by atoms with Crippen LogP contribution in [0.15, 0.2) is 42.0 Å². The first-order valence-electron chi connectivity index (χ1n) is 6.87. The predicted molar refractivity (Wildman–Crippen MR) is 86.7 cm³/mol. The molecule has 2 aromatic rings. The van der Waals surface area contributed by atoms with Crippen molar-refractivity contribution in [3.8, 4) is 12.1 Å². The summed E-state index contributed by atoms with van der Waals surface area (Å²) in [6.45, 7) is 4.88. The third kappa shape index (κ3) is 2.88. The first-order valence-corrected chi connectivity index (χ1v) is 6.87. The topological polar surface area (TPSA) is 50.8 Å². The monoisotopic (exact) mass is 275 g/mol. The molecular formula is C18H17N3. The number of benzene rings is 2. The molecular weight excluding hydrogens is 258 g/mol. The lowest BCUT2D eigenvalue weighted by molar-refractivity contribution is 0.970. The molecule has 0 aliphatic carbocycles. The molecule has 0 spiro atoms. The molecule has 3 heteroatoms. The Labute approximate surface area is 125 Å². The zero-order valence-electron chi connectivity index (χ0n) is 12.5. The molecule has 0 N–H and O–H groups in total. The van der Waals surface area contributed by atoms with Crippen LogP contribution in [0.1, 0.15) is 19.4 Å². The fourth-order valence-electron chi connectivity index (χ4n) is 2.22. The first-order chi connectivity index (χ1) is 10.1. The van der Waals surface area contributed by atoms with E-state index in [-0.39, 0.29) is 5.57 Å². The van der Waals surface area contributed by atoms with Gasteiger partial charge >= 0.3 is 0 Å². The highest BCUT2D eigenvalue weighted by molar-refractivity contribution is 5.89. The normalized spacial score (nSPS) is 9.76. The number of nitrogens with zero attached hydrogens (tertiary/aromatic N) is 3. The summed E-state index contributed by atoms with van der Waals surface area (Å²) in [4.78, 5) is 2.18. The van der Waals surface area contributed by atoms with E-state index in [0.717, 1.165) is 28.5 Å². The molecule has 0 unspecified atom stereocenters. The molecule has 21 heavy (non-hydrogen) atoms. The summed E-state index contributed by atoms with van der Waals surface area (Å²) in [5.74, 6) is 0. The first kappa shape index (κ1) is 14.6. The molecule has 0 aliphatic heterocycles. The Balaban J connectivity index is 2.53. The van der Waals surface area contributed by atoms with Crippen LogP contribution in [-0.2, 0) is 0 Å². The lowest BCUT2D eigenvalue weighted by Gasteiger charge is -2.17. The molecule has 2 rings (SSSR count). The molecule has 0 aliphatic rings. The number of anilines is 1. The van der Waals surface area contributed by atoms with Crippen LogP contribution in [0.2, 0.25) is 0 Å². The summed E-state index contributed by atoms with van der Waals surface area (Å²) >= 11 is 0. The maximum atomic E-state index is 8.96. The van der Waals surface area contributed by atoms with E-state index in [0.29, 0.717) is 0 Å². The van der Waals surface area contributed by atoms with E-state index >= 15 is 0 Å². The Kier molecular flexibility index (Phi) is 4.26. The Morgan fingerprint density at radius 3 is 2.29 bits per heavy atom. The average molecular weight is 275 g/mol. The number of fused-ring (bicyclic) bond motifs is 1. The van der Waals surface area contributed by atoms with Gasteiger partial charge in [0.15, 0.2) is 0 Å². The van der Waals surface area contributed by atoms with Gasteiger partial charge in [0.1, 0.15) is 17.7 Å². The summed E-state index contributed by atoms with van der Waals surface area (Å²) < 4.78 is 0. The number of hydrogen-bond acceptors (Lipinski definition) is 3. The van der Waals surface area contributed by atoms with Gasteiger partial charge in [-0.3, -0.25) is 0 Å². The maximum Gasteiger partial charge on any atom is 0.133 e. The third-order valence-corrected chi connectivity index (χ3v) is 3.77. The minimum Gasteiger partial charge on any atom is -0.375 e. The van der Waals surface area contributed by atoms with Crippen molar-refractivity contribution in [2.45, 2.75) is 13.8 Å². The highest BCUT2D eigenvalue weighted by atomic mass is 15.1. The Hall–Kier alpha value is -2.78. The largest absolute Gasteiger partial charge is 0.375 e. The van der Waals surface area contributed by atoms with E-state index in [1.165, 1.54) is 5.69 Å². The van der Waals surface area contributed by atoms with Crippen molar-refractivity contribution in [2.24, 2.45) is 0 Å². The fourth-order valence-corrected chi connectivity index (χ4v) is 2.22. The van der Waals surface area contributed by atoms with E-state index in [9.17, 15) is 0 Å². The molecule has 0 saturated carbocycles. The Morgan fingerprint density at radius 2 is 1.67 bits per heavy atom. The summed E-state index contributed by atoms with van der Waals surface area (Å²) in [5, 5.41) is 20.2. The molecule has 2 aromatic carbocycles. The number of nitriles is 2. The van der Waals surface area contributed by atoms with Crippen LogP contribution in [0.25, 0.3) is 16.3 Å². The van der Waals surface area contributed by atoms with Crippen LogP contribution in [0.3, 0.4) is 0 Å². The van der Waals surface area contributed by atoms with Crippen LogP contribution in [-0.4, -0.2) is 13.6 Å². The van der Waals surface area contributed by atoms with Crippen molar-refractivity contribution >= 4 is 22.0 Å². The van der Waals surface area contributed by atoms with E-state index < -0.39 is 0 Å². The maximum absolute atomic E-state index is 8.96. The molecule has 0 atom stereocenters. The van der Waals surface area contributed by atoms with Gasteiger partial charge in [0.2, 0.25) is 0 Å². The summed E-state index contributed by atoms with van der Waals surface area (Å²) in [5.41, 5.74) is 2.98. The lowest BCUT2D eigenvalue weighted by atomic mass is 9.99. The van der Waals surface area contributed by atoms with Gasteiger partial charge < -0.3 is 4.90 Å². The fraction of sp³-hybridized carbons (Fsp3) is 0.222. The standard InChI is InChI=1S/C18H17N3/c1-4-21(3)18-8-7-15-9-14(5-6-16(15)10-18)13(2)17(11-19)12-20/h5-10H,4H2,1-3H3. The minimum absolute atomic E-state index is 0.164. The second-order valence-corrected chi connectivity index (χ2v) is 4.98. The van der Waals surface area contributed by atoms with Crippen molar-refractivity contribution in [3.05, 3.63) is 47.5 Å². The SMILES string of the molecule is CCN(C)c1ccc2cc(C(C)=C(C#N)C#N)ccc2c1. The predicted octanol–water partition coefficient (Wildman–Crippen LogP) is 4.12. The van der Waals surface area contributed by atoms with Crippen molar-refractivity contribution in [3.63, 3.8) is 0 Å². The highest BCUT2D eigenvalue weighted by Crippen LogP contribution is 2.26. The van der Waals surface area contributed by atoms with Gasteiger partial charge in [-0.1, -0.05) is 18.2 Å². The summed E-state index contributed by atoms with van der Waals surface area (Å²) in [7, 11) is 2.06. The molecule has 0 amide bonds. The van der Waals surface area contributed by atoms with Crippen LogP contribution in [0.5, 0.6) is 0 Å². The van der Waals surface area contributed by atoms with E-state index in [4.69, 9.17) is 10.5 Å². The van der Waals surface area contributed by atoms with Gasteiger partial charge in [-0.2, -0.15) is 10.5 Å². The van der Waals surface area contributed by atoms with Gasteiger partial charge in [0.25, 0.3) is 0 Å². The van der Waals surface area contributed by atoms with Crippen molar-refractivity contribution in [1.82, 2.24) is 0 Å². The van der Waals surface area contributed by atoms with Gasteiger partial charge in [-0.15, -0.1) is 0 Å². The van der Waals surface area contributed by atoms with Crippen molar-refractivity contribution in [2.75, 3.05) is 18.5 Å². The van der Waals surface area contributed by atoms with E-state index in [2.05, 4.69) is 37.1 Å². The van der Waals surface area contributed by atoms with Crippen LogP contribution < -0.4 is 4.90 Å². The van der Waals surface area contributed by atoms with Crippen molar-refractivity contribution < 1.29 is 0 Å². The second kappa shape index (κ2) is 6.11. The van der Waals surface area contributed by atoms with Crippen LogP contribution >= 0.6 is 0 Å². The zero-order valence-corrected chi connectivity index (χ0v) is 12.5. The second-order valence-electron chi connectivity index (χ2n) is 4.98. The number of allylic oxidation sites excluding steroid dienone is 2. The molecule has 0 radical (unpaired) electrons.